The van der Waals surface area contributed by atoms with Crippen molar-refractivity contribution in [2.24, 2.45) is 0 Å². The Morgan fingerprint density at radius 1 is 1.08 bits per heavy atom. The molecule has 1 fully saturated rings. The molecule has 1 heterocycles. The smallest absolute Gasteiger partial charge is 0.319 e. The molecule has 1 aliphatic carbocycles. The number of carbonyl (C=O) groups is 1. The zero-order valence-corrected chi connectivity index (χ0v) is 14.5. The zero-order valence-electron chi connectivity index (χ0n) is 14.5. The van der Waals surface area contributed by atoms with Gasteiger partial charge in [0.2, 0.25) is 6.79 Å². The van der Waals surface area contributed by atoms with Gasteiger partial charge in [-0.1, -0.05) is 18.2 Å². The van der Waals surface area contributed by atoms with Crippen LogP contribution in [0.4, 0.5) is 10.5 Å². The van der Waals surface area contributed by atoms with Crippen molar-refractivity contribution < 1.29 is 19.0 Å². The lowest BCUT2D eigenvalue weighted by atomic mass is 10.2. The number of ether oxygens (including phenoxy) is 3. The van der Waals surface area contributed by atoms with E-state index in [-0.39, 0.29) is 18.9 Å². The summed E-state index contributed by atoms with van der Waals surface area (Å²) in [7, 11) is 0. The van der Waals surface area contributed by atoms with Gasteiger partial charge in [0.25, 0.3) is 0 Å². The van der Waals surface area contributed by atoms with Crippen molar-refractivity contribution in [1.82, 2.24) is 5.32 Å². The number of amides is 2. The van der Waals surface area contributed by atoms with Crippen LogP contribution in [0.3, 0.4) is 0 Å². The molecule has 2 amide bonds. The second-order valence-corrected chi connectivity index (χ2v) is 6.52. The highest BCUT2D eigenvalue weighted by molar-refractivity contribution is 5.90. The monoisotopic (exact) mass is 354 g/mol. The molecule has 6 heteroatoms. The topological polar surface area (TPSA) is 68.8 Å². The van der Waals surface area contributed by atoms with Gasteiger partial charge in [-0.25, -0.2) is 4.79 Å². The summed E-state index contributed by atoms with van der Waals surface area (Å²) in [5, 5.41) is 5.73. The van der Waals surface area contributed by atoms with E-state index < -0.39 is 0 Å². The number of fused-ring (bicyclic) bond motifs is 1. The Labute approximate surface area is 152 Å². The number of anilines is 1. The number of carbonyl (C=O) groups excluding carboxylic acids is 1. The first-order valence-electron chi connectivity index (χ1n) is 8.97. The van der Waals surface area contributed by atoms with Gasteiger partial charge in [-0.05, 0) is 55.5 Å². The molecule has 0 bridgehead atoms. The predicted molar refractivity (Wildman–Crippen MR) is 97.7 cm³/mol. The summed E-state index contributed by atoms with van der Waals surface area (Å²) in [4.78, 5) is 12.3. The molecule has 2 aliphatic rings. The molecule has 0 unspecified atom stereocenters. The summed E-state index contributed by atoms with van der Waals surface area (Å²) in [5.41, 5.74) is 1.63. The fraction of sp³-hybridized carbons (Fsp3) is 0.350. The van der Waals surface area contributed by atoms with Crippen molar-refractivity contribution in [3.8, 4) is 17.2 Å². The Kier molecular flexibility index (Phi) is 4.82. The normalized spacial score (nSPS) is 15.7. The molecule has 0 aromatic heterocycles. The largest absolute Gasteiger partial charge is 0.488 e. The Morgan fingerprint density at radius 2 is 1.88 bits per heavy atom. The maximum atomic E-state index is 12.3. The van der Waals surface area contributed by atoms with Gasteiger partial charge in [-0.15, -0.1) is 0 Å². The van der Waals surface area contributed by atoms with E-state index in [0.717, 1.165) is 29.9 Å². The van der Waals surface area contributed by atoms with Crippen LogP contribution in [-0.2, 0) is 6.54 Å². The molecule has 2 aromatic carbocycles. The molecular weight excluding hydrogens is 332 g/mol. The van der Waals surface area contributed by atoms with E-state index in [1.807, 2.05) is 42.5 Å². The van der Waals surface area contributed by atoms with Gasteiger partial charge in [0.15, 0.2) is 11.5 Å². The fourth-order valence-electron chi connectivity index (χ4n) is 3.26. The van der Waals surface area contributed by atoms with Crippen LogP contribution in [0, 0.1) is 0 Å². The molecule has 2 aromatic rings. The number of benzene rings is 2. The number of para-hydroxylation sites is 2. The van der Waals surface area contributed by atoms with Gasteiger partial charge in [0.05, 0.1) is 11.8 Å². The minimum atomic E-state index is -0.273. The first-order valence-corrected chi connectivity index (χ1v) is 8.97. The maximum Gasteiger partial charge on any atom is 0.319 e. The van der Waals surface area contributed by atoms with Gasteiger partial charge >= 0.3 is 6.03 Å². The number of hydrogen-bond acceptors (Lipinski definition) is 4. The van der Waals surface area contributed by atoms with Crippen molar-refractivity contribution in [3.05, 3.63) is 48.0 Å². The van der Waals surface area contributed by atoms with Crippen LogP contribution in [0.2, 0.25) is 0 Å². The molecule has 0 atom stereocenters. The van der Waals surface area contributed by atoms with Gasteiger partial charge in [-0.3, -0.25) is 0 Å². The average molecular weight is 354 g/mol. The second kappa shape index (κ2) is 7.56. The van der Waals surface area contributed by atoms with Crippen LogP contribution in [0.1, 0.15) is 31.2 Å². The molecule has 1 aliphatic heterocycles. The second-order valence-electron chi connectivity index (χ2n) is 6.52. The summed E-state index contributed by atoms with van der Waals surface area (Å²) in [6.07, 6.45) is 4.80. The standard InChI is InChI=1S/C20H22N2O4/c23-20(21-12-14-9-10-18-19(11-14)25-13-24-18)22-16-7-3-4-8-17(16)26-15-5-1-2-6-15/h3-4,7-11,15H,1-2,5-6,12-13H2,(H2,21,22,23). The summed E-state index contributed by atoms with van der Waals surface area (Å²) in [6.45, 7) is 0.638. The maximum absolute atomic E-state index is 12.3. The average Bonchev–Trinajstić information content (AvgIpc) is 3.32. The Morgan fingerprint density at radius 3 is 2.77 bits per heavy atom. The van der Waals surface area contributed by atoms with Gasteiger partial charge in [0.1, 0.15) is 5.75 Å². The molecule has 0 spiro atoms. The molecular formula is C20H22N2O4. The first kappa shape index (κ1) is 16.6. The molecule has 0 radical (unpaired) electrons. The van der Waals surface area contributed by atoms with Gasteiger partial charge in [-0.2, -0.15) is 0 Å². The van der Waals surface area contributed by atoms with Crippen LogP contribution >= 0.6 is 0 Å². The first-order chi connectivity index (χ1) is 12.8. The van der Waals surface area contributed by atoms with Crippen LogP contribution in [0.15, 0.2) is 42.5 Å². The van der Waals surface area contributed by atoms with E-state index in [9.17, 15) is 4.79 Å². The van der Waals surface area contributed by atoms with Crippen molar-refractivity contribution in [2.75, 3.05) is 12.1 Å². The lowest BCUT2D eigenvalue weighted by molar-refractivity contribution is 0.174. The summed E-state index contributed by atoms with van der Waals surface area (Å²) < 4.78 is 16.7. The third-order valence-corrected chi connectivity index (χ3v) is 4.62. The van der Waals surface area contributed by atoms with E-state index in [1.165, 1.54) is 12.8 Å². The Balaban J connectivity index is 1.34. The summed E-state index contributed by atoms with van der Waals surface area (Å²) in [6, 6.07) is 12.9. The van der Waals surface area contributed by atoms with E-state index in [1.54, 1.807) is 0 Å². The van der Waals surface area contributed by atoms with E-state index in [2.05, 4.69) is 10.6 Å². The number of urea groups is 1. The molecule has 4 rings (SSSR count). The molecule has 136 valence electrons. The van der Waals surface area contributed by atoms with Crippen LogP contribution in [-0.4, -0.2) is 18.9 Å². The number of hydrogen-bond donors (Lipinski definition) is 2. The zero-order chi connectivity index (χ0) is 17.8. The third kappa shape index (κ3) is 3.85. The third-order valence-electron chi connectivity index (χ3n) is 4.62. The molecule has 1 saturated carbocycles. The van der Waals surface area contributed by atoms with Crippen molar-refractivity contribution in [3.63, 3.8) is 0 Å². The van der Waals surface area contributed by atoms with E-state index in [4.69, 9.17) is 14.2 Å². The summed E-state index contributed by atoms with van der Waals surface area (Å²) in [5.74, 6) is 2.16. The van der Waals surface area contributed by atoms with E-state index in [0.29, 0.717) is 18.0 Å². The van der Waals surface area contributed by atoms with Crippen LogP contribution in [0.25, 0.3) is 0 Å². The Bertz CT molecular complexity index is 787. The molecule has 6 nitrogen and oxygen atoms in total. The highest BCUT2D eigenvalue weighted by Gasteiger charge is 2.18. The minimum absolute atomic E-state index is 0.241. The molecule has 26 heavy (non-hydrogen) atoms. The van der Waals surface area contributed by atoms with Gasteiger partial charge in [0, 0.05) is 6.54 Å². The minimum Gasteiger partial charge on any atom is -0.488 e. The molecule has 2 N–H and O–H groups in total. The fourth-order valence-corrected chi connectivity index (χ4v) is 3.26. The SMILES string of the molecule is O=C(NCc1ccc2c(c1)OCO2)Nc1ccccc1OC1CCCC1. The highest BCUT2D eigenvalue weighted by Crippen LogP contribution is 2.32. The van der Waals surface area contributed by atoms with E-state index >= 15 is 0 Å². The van der Waals surface area contributed by atoms with Crippen LogP contribution < -0.4 is 24.8 Å². The Hall–Kier alpha value is -2.89. The van der Waals surface area contributed by atoms with Crippen molar-refractivity contribution >= 4 is 11.7 Å². The lowest BCUT2D eigenvalue weighted by Crippen LogP contribution is -2.28. The summed E-state index contributed by atoms with van der Waals surface area (Å²) >= 11 is 0. The number of rotatable bonds is 5. The van der Waals surface area contributed by atoms with Crippen molar-refractivity contribution in [1.29, 1.82) is 0 Å². The highest BCUT2D eigenvalue weighted by atomic mass is 16.7. The number of nitrogens with one attached hydrogen (secondary N) is 2. The lowest BCUT2D eigenvalue weighted by Gasteiger charge is -2.17. The molecule has 0 saturated heterocycles. The van der Waals surface area contributed by atoms with Gasteiger partial charge < -0.3 is 24.8 Å². The van der Waals surface area contributed by atoms with Crippen LogP contribution in [0.5, 0.6) is 17.2 Å². The quantitative estimate of drug-likeness (QED) is 0.850. The van der Waals surface area contributed by atoms with Crippen molar-refractivity contribution in [2.45, 2.75) is 38.3 Å². The predicted octanol–water partition coefficient (Wildman–Crippen LogP) is 4.06.